The highest BCUT2D eigenvalue weighted by Crippen LogP contribution is 2.56. The second-order valence-electron chi connectivity index (χ2n) is 8.22. The van der Waals surface area contributed by atoms with Gasteiger partial charge in [0.2, 0.25) is 11.6 Å². The van der Waals surface area contributed by atoms with E-state index in [1.807, 2.05) is 0 Å². The Hall–Kier alpha value is -0.660. The normalized spacial score (nSPS) is 44.3. The molecule has 3 aliphatic carbocycles. The van der Waals surface area contributed by atoms with Gasteiger partial charge in [-0.2, -0.15) is 0 Å². The van der Waals surface area contributed by atoms with E-state index < -0.39 is 0 Å². The number of fused-ring (bicyclic) bond motifs is 3. The molecule has 0 aliphatic heterocycles. The van der Waals surface area contributed by atoms with Gasteiger partial charge in [0.15, 0.2) is 0 Å². The maximum absolute atomic E-state index is 12.4. The van der Waals surface area contributed by atoms with Gasteiger partial charge in [0.05, 0.1) is 0 Å². The van der Waals surface area contributed by atoms with Crippen LogP contribution in [0.5, 0.6) is 0 Å². The van der Waals surface area contributed by atoms with Crippen molar-refractivity contribution in [3.05, 3.63) is 0 Å². The monoisotopic (exact) mass is 276 g/mol. The third-order valence-corrected chi connectivity index (χ3v) is 6.65. The van der Waals surface area contributed by atoms with Crippen LogP contribution in [0.4, 0.5) is 0 Å². The Bertz CT molecular complexity index is 383. The molecule has 0 aromatic carbocycles. The van der Waals surface area contributed by atoms with Crippen LogP contribution in [0.3, 0.4) is 0 Å². The van der Waals surface area contributed by atoms with E-state index >= 15 is 0 Å². The van der Waals surface area contributed by atoms with Gasteiger partial charge in [-0.1, -0.05) is 27.7 Å². The first-order chi connectivity index (χ1) is 9.40. The molecule has 0 bridgehead atoms. The molecule has 3 saturated carbocycles. The number of Topliss-reactive ketones (excluding diaryl/α,β-unsaturated/α-hetero) is 2. The molecule has 2 heteroatoms. The number of hydrogen-bond donors (Lipinski definition) is 0. The fourth-order valence-electron chi connectivity index (χ4n) is 5.23. The summed E-state index contributed by atoms with van der Waals surface area (Å²) in [6.45, 7) is 9.05. The van der Waals surface area contributed by atoms with Gasteiger partial charge in [-0.25, -0.2) is 0 Å². The smallest absolute Gasteiger partial charge is 0.202 e. The Morgan fingerprint density at radius 2 is 1.05 bits per heavy atom. The van der Waals surface area contributed by atoms with Crippen LogP contribution in [0.15, 0.2) is 0 Å². The molecule has 3 aliphatic rings. The maximum atomic E-state index is 12.4. The maximum Gasteiger partial charge on any atom is 0.202 e. The van der Waals surface area contributed by atoms with Crippen LogP contribution < -0.4 is 0 Å². The van der Waals surface area contributed by atoms with Crippen LogP contribution in [0.25, 0.3) is 0 Å². The largest absolute Gasteiger partial charge is 0.291 e. The number of carbonyl (C=O) groups excluding carboxylic acids is 2. The van der Waals surface area contributed by atoms with Crippen molar-refractivity contribution in [1.29, 1.82) is 0 Å². The SMILES string of the molecule is CC(C)C1CC2C(=O)C(=O)C3CC(C(C)C)CC3C2C1. The molecular formula is C18H28O2. The van der Waals surface area contributed by atoms with E-state index in [2.05, 4.69) is 27.7 Å². The predicted octanol–water partition coefficient (Wildman–Crippen LogP) is 3.74. The van der Waals surface area contributed by atoms with Gasteiger partial charge in [0.1, 0.15) is 0 Å². The fraction of sp³-hybridized carbons (Fsp3) is 0.889. The average Bonchev–Trinajstić information content (AvgIpc) is 2.99. The molecule has 20 heavy (non-hydrogen) atoms. The van der Waals surface area contributed by atoms with Crippen LogP contribution in [-0.2, 0) is 9.59 Å². The second kappa shape index (κ2) is 4.96. The molecule has 6 atom stereocenters. The Kier molecular flexibility index (Phi) is 3.54. The lowest BCUT2D eigenvalue weighted by Crippen LogP contribution is -2.43. The summed E-state index contributed by atoms with van der Waals surface area (Å²) < 4.78 is 0. The van der Waals surface area contributed by atoms with Gasteiger partial charge in [-0.05, 0) is 61.2 Å². The Balaban J connectivity index is 1.85. The van der Waals surface area contributed by atoms with E-state index in [0.717, 1.165) is 12.8 Å². The van der Waals surface area contributed by atoms with Crippen molar-refractivity contribution in [2.45, 2.75) is 53.4 Å². The lowest BCUT2D eigenvalue weighted by atomic mass is 9.68. The minimum atomic E-state index is -0.0104. The average molecular weight is 276 g/mol. The minimum absolute atomic E-state index is 0.0104. The molecule has 0 heterocycles. The van der Waals surface area contributed by atoms with Gasteiger partial charge in [-0.3, -0.25) is 9.59 Å². The highest BCUT2D eigenvalue weighted by molar-refractivity contribution is 6.39. The molecule has 0 spiro atoms. The molecule has 2 nitrogen and oxygen atoms in total. The molecule has 0 N–H and O–H groups in total. The number of hydrogen-bond acceptors (Lipinski definition) is 2. The first-order valence-corrected chi connectivity index (χ1v) is 8.48. The number of carbonyl (C=O) groups is 2. The highest BCUT2D eigenvalue weighted by atomic mass is 16.2. The van der Waals surface area contributed by atoms with Crippen LogP contribution in [0.2, 0.25) is 0 Å². The third kappa shape index (κ3) is 2.07. The first-order valence-electron chi connectivity index (χ1n) is 8.48. The van der Waals surface area contributed by atoms with E-state index in [0.29, 0.717) is 35.5 Å². The molecule has 0 amide bonds. The van der Waals surface area contributed by atoms with E-state index in [9.17, 15) is 9.59 Å². The predicted molar refractivity (Wildman–Crippen MR) is 79.1 cm³/mol. The number of rotatable bonds is 2. The molecule has 0 aromatic heterocycles. The van der Waals surface area contributed by atoms with Crippen molar-refractivity contribution in [1.82, 2.24) is 0 Å². The van der Waals surface area contributed by atoms with Crippen molar-refractivity contribution in [3.63, 3.8) is 0 Å². The first kappa shape index (κ1) is 14.3. The summed E-state index contributed by atoms with van der Waals surface area (Å²) in [6.07, 6.45) is 4.33. The molecule has 112 valence electrons. The summed E-state index contributed by atoms with van der Waals surface area (Å²) in [4.78, 5) is 24.9. The summed E-state index contributed by atoms with van der Waals surface area (Å²) in [6, 6.07) is 0. The Labute approximate surface area is 122 Å². The van der Waals surface area contributed by atoms with Gasteiger partial charge in [0.25, 0.3) is 0 Å². The summed E-state index contributed by atoms with van der Waals surface area (Å²) in [5.41, 5.74) is 0. The second-order valence-corrected chi connectivity index (χ2v) is 8.22. The summed E-state index contributed by atoms with van der Waals surface area (Å²) >= 11 is 0. The lowest BCUT2D eigenvalue weighted by Gasteiger charge is -2.33. The van der Waals surface area contributed by atoms with Gasteiger partial charge >= 0.3 is 0 Å². The standard InChI is InChI=1S/C18H28O2/c1-9(2)11-5-13-14-6-12(10(3)4)8-16(14)18(20)17(19)15(13)7-11/h9-16H,5-8H2,1-4H3. The van der Waals surface area contributed by atoms with Crippen LogP contribution in [-0.4, -0.2) is 11.6 Å². The molecular weight excluding hydrogens is 248 g/mol. The van der Waals surface area contributed by atoms with Crippen molar-refractivity contribution >= 4 is 11.6 Å². The van der Waals surface area contributed by atoms with Gasteiger partial charge in [-0.15, -0.1) is 0 Å². The molecule has 0 aromatic rings. The zero-order chi connectivity index (χ0) is 14.6. The van der Waals surface area contributed by atoms with E-state index in [1.54, 1.807) is 0 Å². The van der Waals surface area contributed by atoms with Crippen LogP contribution in [0, 0.1) is 47.3 Å². The molecule has 6 unspecified atom stereocenters. The minimum Gasteiger partial charge on any atom is -0.291 e. The van der Waals surface area contributed by atoms with Crippen LogP contribution >= 0.6 is 0 Å². The van der Waals surface area contributed by atoms with Crippen molar-refractivity contribution in [2.24, 2.45) is 47.3 Å². The van der Waals surface area contributed by atoms with Crippen molar-refractivity contribution < 1.29 is 9.59 Å². The zero-order valence-corrected chi connectivity index (χ0v) is 13.3. The zero-order valence-electron chi connectivity index (χ0n) is 13.3. The number of ketones is 2. The van der Waals surface area contributed by atoms with Crippen LogP contribution in [0.1, 0.15) is 53.4 Å². The highest BCUT2D eigenvalue weighted by Gasteiger charge is 2.56. The molecule has 3 fully saturated rings. The third-order valence-electron chi connectivity index (χ3n) is 6.65. The lowest BCUT2D eigenvalue weighted by molar-refractivity contribution is -0.147. The van der Waals surface area contributed by atoms with Crippen molar-refractivity contribution in [2.75, 3.05) is 0 Å². The van der Waals surface area contributed by atoms with Crippen molar-refractivity contribution in [3.8, 4) is 0 Å². The summed E-state index contributed by atoms with van der Waals surface area (Å²) in [5.74, 6) is 3.74. The molecule has 0 saturated heterocycles. The quantitative estimate of drug-likeness (QED) is 0.720. The fourth-order valence-corrected chi connectivity index (χ4v) is 5.23. The van der Waals surface area contributed by atoms with E-state index in [-0.39, 0.29) is 23.4 Å². The summed E-state index contributed by atoms with van der Waals surface area (Å²) in [7, 11) is 0. The van der Waals surface area contributed by atoms with Gasteiger partial charge < -0.3 is 0 Å². The molecule has 3 rings (SSSR count). The van der Waals surface area contributed by atoms with E-state index in [4.69, 9.17) is 0 Å². The van der Waals surface area contributed by atoms with E-state index in [1.165, 1.54) is 12.8 Å². The van der Waals surface area contributed by atoms with Gasteiger partial charge in [0, 0.05) is 11.8 Å². The molecule has 0 radical (unpaired) electrons. The summed E-state index contributed by atoms with van der Waals surface area (Å²) in [5, 5.41) is 0. The Morgan fingerprint density at radius 3 is 1.35 bits per heavy atom. The topological polar surface area (TPSA) is 34.1 Å². The Morgan fingerprint density at radius 1 is 0.700 bits per heavy atom.